The molecule has 0 unspecified atom stereocenters. The van der Waals surface area contributed by atoms with E-state index in [0.29, 0.717) is 0 Å². The van der Waals surface area contributed by atoms with Crippen molar-refractivity contribution in [3.8, 4) is 0 Å². The van der Waals surface area contributed by atoms with Crippen LogP contribution < -0.4 is 5.32 Å². The smallest absolute Gasteiger partial charge is 0.328 e. The highest BCUT2D eigenvalue weighted by molar-refractivity contribution is 5.99. The van der Waals surface area contributed by atoms with Crippen LogP contribution in [0.25, 0.3) is 0 Å². The molecule has 0 fully saturated rings. The normalized spacial score (nSPS) is 11.3. The van der Waals surface area contributed by atoms with Crippen molar-refractivity contribution in [2.24, 2.45) is 0 Å². The van der Waals surface area contributed by atoms with Gasteiger partial charge in [0.05, 0.1) is 4.92 Å². The molecule has 0 aromatic heterocycles. The SMILES string of the molecule is C[C@H](NC(=O)c1cccc([N+](=O)[O-])c1)C(=O)OCC(=O)c1ccc(F)cc1. The van der Waals surface area contributed by atoms with Crippen LogP contribution in [0.5, 0.6) is 0 Å². The van der Waals surface area contributed by atoms with Gasteiger partial charge in [0.2, 0.25) is 0 Å². The van der Waals surface area contributed by atoms with E-state index in [1.54, 1.807) is 0 Å². The molecule has 0 aliphatic heterocycles. The zero-order valence-corrected chi connectivity index (χ0v) is 14.2. The number of hydrogen-bond acceptors (Lipinski definition) is 6. The first kappa shape index (κ1) is 19.7. The number of nitrogens with zero attached hydrogens (tertiary/aromatic N) is 1. The molecule has 0 aliphatic carbocycles. The van der Waals surface area contributed by atoms with Crippen molar-refractivity contribution in [2.75, 3.05) is 6.61 Å². The number of hydrogen-bond donors (Lipinski definition) is 1. The predicted molar refractivity (Wildman–Crippen MR) is 91.7 cm³/mol. The number of benzene rings is 2. The van der Waals surface area contributed by atoms with Crippen molar-refractivity contribution in [2.45, 2.75) is 13.0 Å². The largest absolute Gasteiger partial charge is 0.456 e. The van der Waals surface area contributed by atoms with Crippen molar-refractivity contribution >= 4 is 23.3 Å². The molecule has 0 bridgehead atoms. The summed E-state index contributed by atoms with van der Waals surface area (Å²) in [5, 5.41) is 13.1. The van der Waals surface area contributed by atoms with Gasteiger partial charge >= 0.3 is 5.97 Å². The third-order valence-electron chi connectivity index (χ3n) is 3.53. The Morgan fingerprint density at radius 2 is 1.81 bits per heavy atom. The third-order valence-corrected chi connectivity index (χ3v) is 3.53. The predicted octanol–water partition coefficient (Wildman–Crippen LogP) is 2.28. The lowest BCUT2D eigenvalue weighted by Gasteiger charge is -2.13. The molecule has 27 heavy (non-hydrogen) atoms. The van der Waals surface area contributed by atoms with Crippen molar-refractivity contribution in [1.29, 1.82) is 0 Å². The second-order valence-electron chi connectivity index (χ2n) is 5.54. The molecule has 1 amide bonds. The Labute approximate surface area is 153 Å². The molecule has 0 spiro atoms. The van der Waals surface area contributed by atoms with Gasteiger partial charge in [-0.1, -0.05) is 6.07 Å². The Morgan fingerprint density at radius 1 is 1.15 bits per heavy atom. The number of non-ortho nitro benzene ring substituents is 1. The average Bonchev–Trinajstić information content (AvgIpc) is 2.66. The van der Waals surface area contributed by atoms with Gasteiger partial charge in [-0.2, -0.15) is 0 Å². The molecule has 0 saturated heterocycles. The van der Waals surface area contributed by atoms with E-state index in [9.17, 15) is 28.9 Å². The average molecular weight is 374 g/mol. The molecule has 9 heteroatoms. The maximum absolute atomic E-state index is 12.8. The number of halogens is 1. The second-order valence-corrected chi connectivity index (χ2v) is 5.54. The molecule has 2 aromatic carbocycles. The number of ether oxygens (including phenoxy) is 1. The fourth-order valence-corrected chi connectivity index (χ4v) is 2.08. The Morgan fingerprint density at radius 3 is 2.44 bits per heavy atom. The Balaban J connectivity index is 1.90. The summed E-state index contributed by atoms with van der Waals surface area (Å²) in [6.07, 6.45) is 0. The lowest BCUT2D eigenvalue weighted by Crippen LogP contribution is -2.40. The molecule has 0 radical (unpaired) electrons. The van der Waals surface area contributed by atoms with Gasteiger partial charge in [-0.15, -0.1) is 0 Å². The summed E-state index contributed by atoms with van der Waals surface area (Å²) < 4.78 is 17.7. The number of rotatable bonds is 7. The maximum atomic E-state index is 12.8. The van der Waals surface area contributed by atoms with Gasteiger partial charge in [0.25, 0.3) is 11.6 Å². The molecule has 0 aliphatic rings. The molecule has 2 rings (SSSR count). The summed E-state index contributed by atoms with van der Waals surface area (Å²) in [5.41, 5.74) is -0.0773. The van der Waals surface area contributed by atoms with Gasteiger partial charge in [0, 0.05) is 23.3 Å². The van der Waals surface area contributed by atoms with Crippen LogP contribution in [0.2, 0.25) is 0 Å². The molecule has 2 aromatic rings. The number of carbonyl (C=O) groups excluding carboxylic acids is 3. The number of Topliss-reactive ketones (excluding diaryl/α,β-unsaturated/α-hetero) is 1. The highest BCUT2D eigenvalue weighted by Crippen LogP contribution is 2.13. The summed E-state index contributed by atoms with van der Waals surface area (Å²) in [5.74, 6) is -2.58. The fraction of sp³-hybridized carbons (Fsp3) is 0.167. The summed E-state index contributed by atoms with van der Waals surface area (Å²) in [6.45, 7) is 0.779. The molecule has 140 valence electrons. The first-order valence-electron chi connectivity index (χ1n) is 7.78. The molecule has 1 atom stereocenters. The Hall–Kier alpha value is -3.62. The molecule has 0 heterocycles. The third kappa shape index (κ3) is 5.43. The van der Waals surface area contributed by atoms with E-state index in [-0.39, 0.29) is 16.8 Å². The summed E-state index contributed by atoms with van der Waals surface area (Å²) in [7, 11) is 0. The quantitative estimate of drug-likeness (QED) is 0.344. The number of amides is 1. The van der Waals surface area contributed by atoms with Crippen molar-refractivity contribution in [3.05, 3.63) is 75.6 Å². The van der Waals surface area contributed by atoms with Gasteiger partial charge in [-0.3, -0.25) is 19.7 Å². The molecule has 1 N–H and O–H groups in total. The van der Waals surface area contributed by atoms with Gasteiger partial charge in [0.1, 0.15) is 11.9 Å². The topological polar surface area (TPSA) is 116 Å². The van der Waals surface area contributed by atoms with Crippen LogP contribution in [0, 0.1) is 15.9 Å². The minimum Gasteiger partial charge on any atom is -0.456 e. The van der Waals surface area contributed by atoms with Crippen LogP contribution in [-0.2, 0) is 9.53 Å². The van der Waals surface area contributed by atoms with Crippen molar-refractivity contribution in [1.82, 2.24) is 5.32 Å². The van der Waals surface area contributed by atoms with E-state index in [2.05, 4.69) is 5.32 Å². The summed E-state index contributed by atoms with van der Waals surface area (Å²) in [6, 6.07) is 8.67. The highest BCUT2D eigenvalue weighted by atomic mass is 19.1. The summed E-state index contributed by atoms with van der Waals surface area (Å²) >= 11 is 0. The van der Waals surface area contributed by atoms with Gasteiger partial charge < -0.3 is 10.1 Å². The number of carbonyl (C=O) groups is 3. The van der Waals surface area contributed by atoms with E-state index in [1.807, 2.05) is 0 Å². The van der Waals surface area contributed by atoms with E-state index in [1.165, 1.54) is 37.3 Å². The number of nitrogens with one attached hydrogen (secondary N) is 1. The first-order valence-corrected chi connectivity index (χ1v) is 7.78. The van der Waals surface area contributed by atoms with Crippen LogP contribution in [0.1, 0.15) is 27.6 Å². The van der Waals surface area contributed by atoms with Crippen LogP contribution in [-0.4, -0.2) is 35.2 Å². The first-order chi connectivity index (χ1) is 12.8. The number of ketones is 1. The van der Waals surface area contributed by atoms with Gasteiger partial charge in [-0.05, 0) is 37.3 Å². The standard InChI is InChI=1S/C18H15FN2O6/c1-11(20-17(23)13-3-2-4-15(9-13)21(25)26)18(24)27-10-16(22)12-5-7-14(19)8-6-12/h2-9,11H,10H2,1H3,(H,20,23)/t11-/m0/s1. The van der Waals surface area contributed by atoms with Crippen molar-refractivity contribution in [3.63, 3.8) is 0 Å². The second kappa shape index (κ2) is 8.65. The minimum atomic E-state index is -1.09. The van der Waals surface area contributed by atoms with E-state index in [0.717, 1.165) is 18.2 Å². The highest BCUT2D eigenvalue weighted by Gasteiger charge is 2.20. The number of nitro groups is 1. The zero-order chi connectivity index (χ0) is 20.0. The van der Waals surface area contributed by atoms with Gasteiger partial charge in [-0.25, -0.2) is 9.18 Å². The molecular formula is C18H15FN2O6. The zero-order valence-electron chi connectivity index (χ0n) is 14.2. The van der Waals surface area contributed by atoms with Crippen LogP contribution in [0.4, 0.5) is 10.1 Å². The van der Waals surface area contributed by atoms with Crippen LogP contribution >= 0.6 is 0 Å². The lowest BCUT2D eigenvalue weighted by molar-refractivity contribution is -0.384. The Kier molecular flexibility index (Phi) is 6.32. The minimum absolute atomic E-state index is 0.00578. The van der Waals surface area contributed by atoms with Crippen LogP contribution in [0.3, 0.4) is 0 Å². The monoisotopic (exact) mass is 374 g/mol. The lowest BCUT2D eigenvalue weighted by atomic mass is 10.1. The fourth-order valence-electron chi connectivity index (χ4n) is 2.08. The van der Waals surface area contributed by atoms with Crippen molar-refractivity contribution < 1.29 is 28.4 Å². The molecular weight excluding hydrogens is 359 g/mol. The van der Waals surface area contributed by atoms with E-state index in [4.69, 9.17) is 4.74 Å². The van der Waals surface area contributed by atoms with Crippen LogP contribution in [0.15, 0.2) is 48.5 Å². The maximum Gasteiger partial charge on any atom is 0.328 e. The number of nitro benzene ring substituents is 1. The van der Waals surface area contributed by atoms with Gasteiger partial charge in [0.15, 0.2) is 12.4 Å². The summed E-state index contributed by atoms with van der Waals surface area (Å²) in [4.78, 5) is 46.0. The Bertz CT molecular complexity index is 882. The van der Waals surface area contributed by atoms with E-state index >= 15 is 0 Å². The van der Waals surface area contributed by atoms with E-state index < -0.39 is 41.0 Å². The molecule has 8 nitrogen and oxygen atoms in total. The molecule has 0 saturated carbocycles. The number of esters is 1.